The monoisotopic (exact) mass is 251 g/mol. The molecule has 0 saturated heterocycles. The smallest absolute Gasteiger partial charge is 0.338 e. The molecule has 1 aromatic heterocycles. The van der Waals surface area contributed by atoms with Crippen LogP contribution in [0, 0.1) is 17.7 Å². The first-order valence-electron chi connectivity index (χ1n) is 5.08. The topological polar surface area (TPSA) is 76.5 Å². The van der Waals surface area contributed by atoms with Crippen LogP contribution in [0.4, 0.5) is 4.39 Å². The SMILES string of the molecule is CCOC(=O)CC#Cc1nccc(C(=O)O)c1F. The average Bonchev–Trinajstić information content (AvgIpc) is 2.31. The Balaban J connectivity index is 2.86. The Hall–Kier alpha value is -2.42. The van der Waals surface area contributed by atoms with Crippen LogP contribution in [0.5, 0.6) is 0 Å². The van der Waals surface area contributed by atoms with Crippen LogP contribution in [0.1, 0.15) is 29.4 Å². The van der Waals surface area contributed by atoms with E-state index in [-0.39, 0.29) is 18.7 Å². The van der Waals surface area contributed by atoms with Crippen molar-refractivity contribution in [2.24, 2.45) is 0 Å². The first-order chi connectivity index (χ1) is 8.56. The van der Waals surface area contributed by atoms with Gasteiger partial charge in [-0.05, 0) is 18.9 Å². The summed E-state index contributed by atoms with van der Waals surface area (Å²) in [6.45, 7) is 1.89. The minimum absolute atomic E-state index is 0.202. The Morgan fingerprint density at radius 1 is 1.56 bits per heavy atom. The predicted molar refractivity (Wildman–Crippen MR) is 59.3 cm³/mol. The molecule has 0 atom stereocenters. The van der Waals surface area contributed by atoms with E-state index < -0.39 is 23.3 Å². The number of carboxylic acids is 1. The van der Waals surface area contributed by atoms with Crippen molar-refractivity contribution >= 4 is 11.9 Å². The van der Waals surface area contributed by atoms with E-state index in [1.807, 2.05) is 0 Å². The molecule has 0 aromatic carbocycles. The van der Waals surface area contributed by atoms with Crippen molar-refractivity contribution in [3.05, 3.63) is 29.3 Å². The Labute approximate surface area is 103 Å². The van der Waals surface area contributed by atoms with Gasteiger partial charge in [0.25, 0.3) is 0 Å². The van der Waals surface area contributed by atoms with E-state index >= 15 is 0 Å². The van der Waals surface area contributed by atoms with Crippen molar-refractivity contribution in [3.8, 4) is 11.8 Å². The fourth-order valence-corrected chi connectivity index (χ4v) is 1.11. The molecule has 1 rings (SSSR count). The Morgan fingerprint density at radius 3 is 2.89 bits per heavy atom. The molecule has 0 aliphatic carbocycles. The molecular formula is C12H10FNO4. The first kappa shape index (κ1) is 13.6. The van der Waals surface area contributed by atoms with Crippen LogP contribution in [0.3, 0.4) is 0 Å². The molecule has 0 amide bonds. The van der Waals surface area contributed by atoms with Gasteiger partial charge in [-0.15, -0.1) is 0 Å². The van der Waals surface area contributed by atoms with Crippen LogP contribution < -0.4 is 0 Å². The highest BCUT2D eigenvalue weighted by molar-refractivity contribution is 5.88. The fraction of sp³-hybridized carbons (Fsp3) is 0.250. The second-order valence-electron chi connectivity index (χ2n) is 3.11. The summed E-state index contributed by atoms with van der Waals surface area (Å²) in [5.41, 5.74) is -0.815. The van der Waals surface area contributed by atoms with Gasteiger partial charge in [0.05, 0.1) is 12.2 Å². The number of aromatic carboxylic acids is 1. The second kappa shape index (κ2) is 6.35. The molecule has 6 heteroatoms. The lowest BCUT2D eigenvalue weighted by Crippen LogP contribution is -2.04. The summed E-state index contributed by atoms with van der Waals surface area (Å²) in [4.78, 5) is 25.2. The molecule has 1 N–H and O–H groups in total. The highest BCUT2D eigenvalue weighted by Gasteiger charge is 2.13. The van der Waals surface area contributed by atoms with E-state index in [2.05, 4.69) is 21.6 Å². The normalized spacial score (nSPS) is 9.22. The number of nitrogens with zero attached hydrogens (tertiary/aromatic N) is 1. The van der Waals surface area contributed by atoms with E-state index in [4.69, 9.17) is 5.11 Å². The number of esters is 1. The van der Waals surface area contributed by atoms with Crippen LogP contribution in [0.2, 0.25) is 0 Å². The summed E-state index contributed by atoms with van der Waals surface area (Å²) in [7, 11) is 0. The van der Waals surface area contributed by atoms with Crippen LogP contribution >= 0.6 is 0 Å². The van der Waals surface area contributed by atoms with Crippen LogP contribution in [0.15, 0.2) is 12.3 Å². The van der Waals surface area contributed by atoms with E-state index in [0.29, 0.717) is 0 Å². The minimum Gasteiger partial charge on any atom is -0.478 e. The zero-order valence-corrected chi connectivity index (χ0v) is 9.57. The van der Waals surface area contributed by atoms with Crippen molar-refractivity contribution in [2.45, 2.75) is 13.3 Å². The third-order valence-corrected chi connectivity index (χ3v) is 1.86. The van der Waals surface area contributed by atoms with E-state index in [0.717, 1.165) is 12.3 Å². The summed E-state index contributed by atoms with van der Waals surface area (Å²) in [5, 5.41) is 8.68. The molecule has 0 aliphatic rings. The molecule has 1 aromatic rings. The molecule has 1 heterocycles. The lowest BCUT2D eigenvalue weighted by molar-refractivity contribution is -0.141. The quantitative estimate of drug-likeness (QED) is 0.645. The highest BCUT2D eigenvalue weighted by Crippen LogP contribution is 2.09. The van der Waals surface area contributed by atoms with Crippen molar-refractivity contribution in [2.75, 3.05) is 6.61 Å². The third kappa shape index (κ3) is 3.56. The Morgan fingerprint density at radius 2 is 2.28 bits per heavy atom. The maximum atomic E-state index is 13.5. The Bertz CT molecular complexity index is 531. The maximum Gasteiger partial charge on any atom is 0.338 e. The lowest BCUT2D eigenvalue weighted by atomic mass is 10.2. The second-order valence-corrected chi connectivity index (χ2v) is 3.11. The summed E-state index contributed by atoms with van der Waals surface area (Å²) in [5.74, 6) is 1.73. The van der Waals surface area contributed by atoms with Crippen LogP contribution in [0.25, 0.3) is 0 Å². The standard InChI is InChI=1S/C12H10FNO4/c1-2-18-10(15)5-3-4-9-11(13)8(12(16)17)6-7-14-9/h6-7H,2,5H2,1H3,(H,16,17). The van der Waals surface area contributed by atoms with Gasteiger partial charge in [-0.2, -0.15) is 0 Å². The fourth-order valence-electron chi connectivity index (χ4n) is 1.11. The summed E-state index contributed by atoms with van der Waals surface area (Å²) in [6, 6.07) is 1.04. The average molecular weight is 251 g/mol. The van der Waals surface area contributed by atoms with Gasteiger partial charge in [0.2, 0.25) is 0 Å². The molecule has 5 nitrogen and oxygen atoms in total. The minimum atomic E-state index is -1.40. The number of ether oxygens (including phenoxy) is 1. The van der Waals surface area contributed by atoms with E-state index in [9.17, 15) is 14.0 Å². The number of pyridine rings is 1. The molecule has 0 fully saturated rings. The zero-order valence-electron chi connectivity index (χ0n) is 9.57. The highest BCUT2D eigenvalue weighted by atomic mass is 19.1. The van der Waals surface area contributed by atoms with Gasteiger partial charge in [-0.3, -0.25) is 4.79 Å². The van der Waals surface area contributed by atoms with E-state index in [1.54, 1.807) is 6.92 Å². The summed E-state index contributed by atoms with van der Waals surface area (Å²) >= 11 is 0. The van der Waals surface area contributed by atoms with Crippen molar-refractivity contribution < 1.29 is 23.8 Å². The number of carbonyl (C=O) groups is 2. The van der Waals surface area contributed by atoms with Gasteiger partial charge in [0.15, 0.2) is 5.82 Å². The molecule has 0 unspecified atom stereocenters. The number of halogens is 1. The van der Waals surface area contributed by atoms with Crippen LogP contribution in [-0.4, -0.2) is 28.6 Å². The van der Waals surface area contributed by atoms with Gasteiger partial charge >= 0.3 is 11.9 Å². The number of carbonyl (C=O) groups excluding carboxylic acids is 1. The van der Waals surface area contributed by atoms with Gasteiger partial charge in [-0.25, -0.2) is 14.2 Å². The molecular weight excluding hydrogens is 241 g/mol. The lowest BCUT2D eigenvalue weighted by Gasteiger charge is -1.98. The van der Waals surface area contributed by atoms with Crippen molar-refractivity contribution in [1.82, 2.24) is 4.98 Å². The maximum absolute atomic E-state index is 13.5. The summed E-state index contributed by atoms with van der Waals surface area (Å²) < 4.78 is 18.2. The number of hydrogen-bond donors (Lipinski definition) is 1. The molecule has 94 valence electrons. The van der Waals surface area contributed by atoms with E-state index in [1.165, 1.54) is 0 Å². The molecule has 0 aliphatic heterocycles. The van der Waals surface area contributed by atoms with Crippen molar-refractivity contribution in [3.63, 3.8) is 0 Å². The molecule has 18 heavy (non-hydrogen) atoms. The van der Waals surface area contributed by atoms with Gasteiger partial charge < -0.3 is 9.84 Å². The van der Waals surface area contributed by atoms with Crippen molar-refractivity contribution in [1.29, 1.82) is 0 Å². The largest absolute Gasteiger partial charge is 0.478 e. The zero-order chi connectivity index (χ0) is 13.5. The van der Waals surface area contributed by atoms with Gasteiger partial charge in [-0.1, -0.05) is 5.92 Å². The third-order valence-electron chi connectivity index (χ3n) is 1.86. The molecule has 0 saturated carbocycles. The number of rotatable bonds is 3. The number of hydrogen-bond acceptors (Lipinski definition) is 4. The number of carboxylic acid groups (broad SMARTS) is 1. The van der Waals surface area contributed by atoms with Gasteiger partial charge in [0.1, 0.15) is 12.1 Å². The Kier molecular flexibility index (Phi) is 4.81. The summed E-state index contributed by atoms with van der Waals surface area (Å²) in [6.07, 6.45) is 0.938. The first-order valence-corrected chi connectivity index (χ1v) is 5.08. The molecule has 0 spiro atoms. The number of aromatic nitrogens is 1. The van der Waals surface area contributed by atoms with Gasteiger partial charge in [0, 0.05) is 6.20 Å². The van der Waals surface area contributed by atoms with Crippen LogP contribution in [-0.2, 0) is 9.53 Å². The molecule has 0 radical (unpaired) electrons. The predicted octanol–water partition coefficient (Wildman–Crippen LogP) is 1.22. The molecule has 0 bridgehead atoms.